The van der Waals surface area contributed by atoms with Crippen molar-refractivity contribution < 1.29 is 29.3 Å². The number of carbonyl (C=O) groups excluding carboxylic acids is 2. The molecule has 0 spiro atoms. The Balaban J connectivity index is 1.31. The van der Waals surface area contributed by atoms with Gasteiger partial charge in [0.25, 0.3) is 0 Å². The SMILES string of the molecule is CC1=CCC[C@H]2[C@](C)(CC3=C(O)C(=O)c4c(oc5c(C[C@]6(C)[C@@H](C)CC[C@]7(C)C(C)=CCC[C@@H]67)c(O)c(O)cc45)C3=O)[C@@H](C)CC[C@]12C. The van der Waals surface area contributed by atoms with Crippen LogP contribution in [0.3, 0.4) is 0 Å². The minimum atomic E-state index is -0.651. The third-order valence-corrected chi connectivity index (χ3v) is 15.5. The van der Waals surface area contributed by atoms with Gasteiger partial charge < -0.3 is 19.7 Å². The number of hydrogen-bond donors (Lipinski definition) is 3. The highest BCUT2D eigenvalue weighted by molar-refractivity contribution is 6.29. The zero-order chi connectivity index (χ0) is 34.7. The Morgan fingerprint density at radius 1 is 0.771 bits per heavy atom. The molecule has 1 aromatic carbocycles. The monoisotopic (exact) mass is 654 g/mol. The van der Waals surface area contributed by atoms with Crippen molar-refractivity contribution in [1.29, 1.82) is 0 Å². The number of phenols is 2. The van der Waals surface area contributed by atoms with Gasteiger partial charge in [-0.25, -0.2) is 0 Å². The van der Waals surface area contributed by atoms with Crippen molar-refractivity contribution in [3.8, 4) is 11.5 Å². The van der Waals surface area contributed by atoms with Gasteiger partial charge in [0.1, 0.15) is 5.58 Å². The van der Waals surface area contributed by atoms with Gasteiger partial charge in [0.05, 0.1) is 5.56 Å². The molecule has 0 unspecified atom stereocenters. The molecule has 5 aliphatic rings. The van der Waals surface area contributed by atoms with Crippen molar-refractivity contribution in [3.05, 3.63) is 57.6 Å². The van der Waals surface area contributed by atoms with Crippen molar-refractivity contribution in [2.75, 3.05) is 0 Å². The van der Waals surface area contributed by atoms with Gasteiger partial charge in [0.15, 0.2) is 23.0 Å². The third kappa shape index (κ3) is 4.35. The Bertz CT molecular complexity index is 1840. The molecule has 8 atom stereocenters. The fourth-order valence-corrected chi connectivity index (χ4v) is 11.7. The van der Waals surface area contributed by atoms with E-state index in [1.54, 1.807) is 0 Å². The Kier molecular flexibility index (Phi) is 7.52. The van der Waals surface area contributed by atoms with E-state index in [2.05, 4.69) is 67.5 Å². The molecule has 0 radical (unpaired) electrons. The quantitative estimate of drug-likeness (QED) is 0.224. The first kappa shape index (κ1) is 33.2. The minimum absolute atomic E-state index is 0.0148. The van der Waals surface area contributed by atoms with Gasteiger partial charge in [-0.2, -0.15) is 0 Å². The van der Waals surface area contributed by atoms with E-state index in [1.807, 2.05) is 0 Å². The smallest absolute Gasteiger partial charge is 0.232 e. The predicted octanol–water partition coefficient (Wildman–Crippen LogP) is 10.6. The van der Waals surface area contributed by atoms with Crippen LogP contribution >= 0.6 is 0 Å². The zero-order valence-electron chi connectivity index (χ0n) is 30.2. The maximum Gasteiger partial charge on any atom is 0.232 e. The van der Waals surface area contributed by atoms with Gasteiger partial charge in [-0.3, -0.25) is 9.59 Å². The summed E-state index contributed by atoms with van der Waals surface area (Å²) in [5, 5.41) is 34.3. The number of aromatic hydroxyl groups is 2. The number of rotatable bonds is 4. The number of aliphatic hydroxyl groups is 1. The average Bonchev–Trinajstić information content (AvgIpc) is 3.42. The molecule has 1 aromatic heterocycles. The Labute approximate surface area is 285 Å². The van der Waals surface area contributed by atoms with Crippen LogP contribution in [0, 0.1) is 45.3 Å². The number of furan rings is 1. The number of aliphatic hydroxyl groups excluding tert-OH is 1. The highest BCUT2D eigenvalue weighted by Gasteiger charge is 2.56. The number of Topliss-reactive ketones (excluding diaryl/α,β-unsaturated/α-hetero) is 2. The van der Waals surface area contributed by atoms with Gasteiger partial charge in [-0.1, -0.05) is 64.8 Å². The standard InChI is InChI=1S/C42H54O6/c1-22-11-9-13-30-39(22,5)17-15-24(3)41(30,7)20-27-34(45)36(47)32-26-19-29(43)33(44)28(37(26)48-38(32)35(27)46)21-42(8)25(4)16-18-40(6)23(2)12-10-14-31(40)42/h11-12,19,24-25,30-31,43-45H,9-10,13-18,20-21H2,1-8H3/t24-,25-,30+,31+,39+,40+,41+,42+/m0/s1. The summed E-state index contributed by atoms with van der Waals surface area (Å²) >= 11 is 0. The Morgan fingerprint density at radius 2 is 1.29 bits per heavy atom. The lowest BCUT2D eigenvalue weighted by atomic mass is 9.46. The van der Waals surface area contributed by atoms with Gasteiger partial charge in [-0.05, 0) is 129 Å². The number of carbonyl (C=O) groups is 2. The van der Waals surface area contributed by atoms with Crippen molar-refractivity contribution in [2.24, 2.45) is 45.3 Å². The molecule has 0 bridgehead atoms. The van der Waals surface area contributed by atoms with E-state index in [4.69, 9.17) is 4.42 Å². The molecular weight excluding hydrogens is 600 g/mol. The van der Waals surface area contributed by atoms with E-state index < -0.39 is 17.3 Å². The molecule has 2 aromatic rings. The van der Waals surface area contributed by atoms with E-state index in [0.717, 1.165) is 51.4 Å². The van der Waals surface area contributed by atoms with Gasteiger partial charge in [0, 0.05) is 16.5 Å². The average molecular weight is 655 g/mol. The van der Waals surface area contributed by atoms with Crippen LogP contribution in [-0.4, -0.2) is 26.9 Å². The van der Waals surface area contributed by atoms with Crippen LogP contribution in [0.15, 0.2) is 45.1 Å². The summed E-state index contributed by atoms with van der Waals surface area (Å²) in [5.41, 5.74) is 3.12. The predicted molar refractivity (Wildman–Crippen MR) is 188 cm³/mol. The molecule has 6 heteroatoms. The number of ketones is 2. The highest BCUT2D eigenvalue weighted by Crippen LogP contribution is 2.64. The van der Waals surface area contributed by atoms with E-state index >= 15 is 0 Å². The normalized spacial score (nSPS) is 38.3. The second kappa shape index (κ2) is 10.9. The first-order valence-electron chi connectivity index (χ1n) is 18.3. The number of fused-ring (bicyclic) bond motifs is 5. The fraction of sp³-hybridized carbons (Fsp3) is 0.619. The molecule has 0 amide bonds. The van der Waals surface area contributed by atoms with Crippen LogP contribution in [-0.2, 0) is 6.42 Å². The van der Waals surface area contributed by atoms with Gasteiger partial charge >= 0.3 is 0 Å². The van der Waals surface area contributed by atoms with E-state index in [1.165, 1.54) is 17.2 Å². The first-order valence-corrected chi connectivity index (χ1v) is 18.3. The Morgan fingerprint density at radius 3 is 1.83 bits per heavy atom. The fourth-order valence-electron chi connectivity index (χ4n) is 11.7. The van der Waals surface area contributed by atoms with Crippen molar-refractivity contribution in [2.45, 2.75) is 120 Å². The lowest BCUT2D eigenvalue weighted by Crippen LogP contribution is -2.50. The van der Waals surface area contributed by atoms with E-state index in [-0.39, 0.29) is 61.0 Å². The minimum Gasteiger partial charge on any atom is -0.504 e. The molecule has 258 valence electrons. The van der Waals surface area contributed by atoms with Crippen LogP contribution in [0.1, 0.15) is 140 Å². The maximum absolute atomic E-state index is 14.4. The lowest BCUT2D eigenvalue weighted by molar-refractivity contribution is -0.0413. The van der Waals surface area contributed by atoms with E-state index in [9.17, 15) is 24.9 Å². The molecule has 2 fully saturated rings. The number of allylic oxidation sites excluding steroid dienone is 6. The van der Waals surface area contributed by atoms with Crippen LogP contribution in [0.4, 0.5) is 0 Å². The molecule has 7 rings (SSSR count). The summed E-state index contributed by atoms with van der Waals surface area (Å²) in [6, 6.07) is 1.32. The van der Waals surface area contributed by atoms with E-state index in [0.29, 0.717) is 42.1 Å². The molecular formula is C42H54O6. The van der Waals surface area contributed by atoms with Gasteiger partial charge in [0.2, 0.25) is 11.6 Å². The molecule has 3 N–H and O–H groups in total. The van der Waals surface area contributed by atoms with Crippen molar-refractivity contribution >= 4 is 22.5 Å². The number of hydrogen-bond acceptors (Lipinski definition) is 6. The van der Waals surface area contributed by atoms with Gasteiger partial charge in [-0.15, -0.1) is 0 Å². The topological polar surface area (TPSA) is 108 Å². The molecule has 2 saturated carbocycles. The van der Waals surface area contributed by atoms with Crippen molar-refractivity contribution in [3.63, 3.8) is 0 Å². The summed E-state index contributed by atoms with van der Waals surface area (Å²) < 4.78 is 6.41. The van der Waals surface area contributed by atoms with Crippen LogP contribution in [0.25, 0.3) is 11.0 Å². The summed E-state index contributed by atoms with van der Waals surface area (Å²) in [6.45, 7) is 18.2. The molecule has 48 heavy (non-hydrogen) atoms. The Hall–Kier alpha value is -3.28. The summed E-state index contributed by atoms with van der Waals surface area (Å²) in [6.07, 6.45) is 13.7. The third-order valence-electron chi connectivity index (χ3n) is 15.5. The molecule has 5 aliphatic carbocycles. The first-order chi connectivity index (χ1) is 22.5. The molecule has 6 nitrogen and oxygen atoms in total. The summed E-state index contributed by atoms with van der Waals surface area (Å²) in [4.78, 5) is 28.5. The zero-order valence-corrected chi connectivity index (χ0v) is 30.2. The van der Waals surface area contributed by atoms with Crippen molar-refractivity contribution in [1.82, 2.24) is 0 Å². The molecule has 0 aliphatic heterocycles. The van der Waals surface area contributed by atoms with Crippen LogP contribution in [0.5, 0.6) is 11.5 Å². The summed E-state index contributed by atoms with van der Waals surface area (Å²) in [7, 11) is 0. The number of benzene rings is 1. The van der Waals surface area contributed by atoms with Crippen LogP contribution < -0.4 is 0 Å². The molecule has 1 heterocycles. The second-order valence-corrected chi connectivity index (χ2v) is 17.5. The largest absolute Gasteiger partial charge is 0.504 e. The van der Waals surface area contributed by atoms with Crippen LogP contribution in [0.2, 0.25) is 0 Å². The lowest BCUT2D eigenvalue weighted by Gasteiger charge is -2.58. The number of phenolic OH excluding ortho intramolecular Hbond substituents is 2. The second-order valence-electron chi connectivity index (χ2n) is 17.5. The molecule has 0 saturated heterocycles. The maximum atomic E-state index is 14.4. The summed E-state index contributed by atoms with van der Waals surface area (Å²) in [5.74, 6) is -1.05. The highest BCUT2D eigenvalue weighted by atomic mass is 16.4.